The predicted octanol–water partition coefficient (Wildman–Crippen LogP) is 6.32. The van der Waals surface area contributed by atoms with Gasteiger partial charge in [0, 0.05) is 10.9 Å². The number of hydrogen-bond donors (Lipinski definition) is 0. The molecule has 0 radical (unpaired) electrons. The maximum atomic E-state index is 13.9. The van der Waals surface area contributed by atoms with Crippen LogP contribution in [-0.2, 0) is 0 Å². The Kier molecular flexibility index (Phi) is 3.81. The van der Waals surface area contributed by atoms with E-state index in [0.717, 1.165) is 27.7 Å². The van der Waals surface area contributed by atoms with E-state index in [2.05, 4.69) is 36.4 Å². The topological polar surface area (TPSA) is 12.9 Å². The second-order valence-corrected chi connectivity index (χ2v) is 6.39. The normalized spacial score (nSPS) is 11.0. The van der Waals surface area contributed by atoms with Gasteiger partial charge in [0.05, 0.1) is 11.2 Å². The molecule has 1 nitrogen and oxygen atoms in total. The molecule has 1 aromatic heterocycles. The smallest absolute Gasteiger partial charge is 0.129 e. The highest BCUT2D eigenvalue weighted by molar-refractivity contribution is 5.86. The van der Waals surface area contributed by atoms with Crippen molar-refractivity contribution < 1.29 is 4.39 Å². The van der Waals surface area contributed by atoms with E-state index in [1.165, 1.54) is 5.56 Å². The quantitative estimate of drug-likeness (QED) is 0.419. The van der Waals surface area contributed by atoms with Crippen LogP contribution >= 0.6 is 0 Å². The Morgan fingerprint density at radius 2 is 1.36 bits per heavy atom. The van der Waals surface area contributed by atoms with Gasteiger partial charge in [-0.15, -0.1) is 0 Å². The van der Waals surface area contributed by atoms with E-state index >= 15 is 0 Å². The van der Waals surface area contributed by atoms with Crippen molar-refractivity contribution in [2.75, 3.05) is 0 Å². The molecule has 122 valence electrons. The number of benzene rings is 3. The third kappa shape index (κ3) is 2.91. The molecule has 0 aliphatic heterocycles. The van der Waals surface area contributed by atoms with Gasteiger partial charge in [0.1, 0.15) is 5.82 Å². The molecule has 0 saturated heterocycles. The molecule has 25 heavy (non-hydrogen) atoms. The molecule has 0 atom stereocenters. The molecule has 0 fully saturated rings. The lowest BCUT2D eigenvalue weighted by Crippen LogP contribution is -1.92. The SMILES string of the molecule is Cc1cc(-c2ccc3ccc(-c4ccccc4)cc3n2)cc(C)c1F. The molecule has 0 saturated carbocycles. The summed E-state index contributed by atoms with van der Waals surface area (Å²) in [6.45, 7) is 3.58. The van der Waals surface area contributed by atoms with E-state index in [0.29, 0.717) is 11.1 Å². The van der Waals surface area contributed by atoms with Crippen LogP contribution in [0.3, 0.4) is 0 Å². The van der Waals surface area contributed by atoms with Crippen molar-refractivity contribution in [2.45, 2.75) is 13.8 Å². The molecule has 0 aliphatic carbocycles. The molecule has 0 N–H and O–H groups in total. The van der Waals surface area contributed by atoms with E-state index in [1.54, 1.807) is 13.8 Å². The van der Waals surface area contributed by atoms with Crippen LogP contribution in [0.1, 0.15) is 11.1 Å². The molecule has 3 aromatic carbocycles. The fourth-order valence-electron chi connectivity index (χ4n) is 3.18. The van der Waals surface area contributed by atoms with Crippen molar-refractivity contribution in [1.82, 2.24) is 4.98 Å². The second-order valence-electron chi connectivity index (χ2n) is 6.39. The van der Waals surface area contributed by atoms with Gasteiger partial charge in [-0.05, 0) is 60.4 Å². The van der Waals surface area contributed by atoms with Crippen molar-refractivity contribution in [1.29, 1.82) is 0 Å². The van der Waals surface area contributed by atoms with Gasteiger partial charge in [-0.25, -0.2) is 9.37 Å². The standard InChI is InChI=1S/C23H18FN/c1-15-12-20(13-16(2)23(15)24)21-11-10-18-8-9-19(14-22(18)25-21)17-6-4-3-5-7-17/h3-14H,1-2H3. The third-order valence-corrected chi connectivity index (χ3v) is 4.53. The van der Waals surface area contributed by atoms with Gasteiger partial charge < -0.3 is 0 Å². The molecule has 0 amide bonds. The minimum atomic E-state index is -0.143. The minimum absolute atomic E-state index is 0.143. The van der Waals surface area contributed by atoms with Crippen LogP contribution in [0.4, 0.5) is 4.39 Å². The molecular formula is C23H18FN. The Balaban J connectivity index is 1.84. The van der Waals surface area contributed by atoms with Crippen LogP contribution in [0.25, 0.3) is 33.3 Å². The molecule has 1 heterocycles. The Morgan fingerprint density at radius 3 is 2.08 bits per heavy atom. The highest BCUT2D eigenvalue weighted by Crippen LogP contribution is 2.27. The van der Waals surface area contributed by atoms with Crippen LogP contribution in [0.5, 0.6) is 0 Å². The van der Waals surface area contributed by atoms with Gasteiger partial charge in [-0.2, -0.15) is 0 Å². The van der Waals surface area contributed by atoms with Crippen molar-refractivity contribution in [2.24, 2.45) is 0 Å². The zero-order valence-electron chi connectivity index (χ0n) is 14.3. The van der Waals surface area contributed by atoms with Gasteiger partial charge in [0.25, 0.3) is 0 Å². The number of hydrogen-bond acceptors (Lipinski definition) is 1. The average molecular weight is 327 g/mol. The van der Waals surface area contributed by atoms with E-state index in [-0.39, 0.29) is 5.82 Å². The van der Waals surface area contributed by atoms with Crippen molar-refractivity contribution in [3.63, 3.8) is 0 Å². The number of halogens is 1. The number of aromatic nitrogens is 1. The van der Waals surface area contributed by atoms with E-state index in [4.69, 9.17) is 4.98 Å². The number of pyridine rings is 1. The lowest BCUT2D eigenvalue weighted by molar-refractivity contribution is 0.609. The van der Waals surface area contributed by atoms with Gasteiger partial charge in [-0.1, -0.05) is 48.5 Å². The fraction of sp³-hybridized carbons (Fsp3) is 0.0870. The molecule has 0 bridgehead atoms. The number of aryl methyl sites for hydroxylation is 2. The van der Waals surface area contributed by atoms with Gasteiger partial charge >= 0.3 is 0 Å². The number of nitrogens with zero attached hydrogens (tertiary/aromatic N) is 1. The summed E-state index contributed by atoms with van der Waals surface area (Å²) in [6, 6.07) is 24.4. The first-order chi connectivity index (χ1) is 12.1. The predicted molar refractivity (Wildman–Crippen MR) is 102 cm³/mol. The zero-order valence-corrected chi connectivity index (χ0v) is 14.3. The minimum Gasteiger partial charge on any atom is -0.248 e. The first-order valence-corrected chi connectivity index (χ1v) is 8.35. The average Bonchev–Trinajstić information content (AvgIpc) is 2.65. The third-order valence-electron chi connectivity index (χ3n) is 4.53. The van der Waals surface area contributed by atoms with Crippen LogP contribution in [0.2, 0.25) is 0 Å². The second kappa shape index (κ2) is 6.14. The molecule has 0 unspecified atom stereocenters. The fourth-order valence-corrected chi connectivity index (χ4v) is 3.18. The number of rotatable bonds is 2. The van der Waals surface area contributed by atoms with Crippen molar-refractivity contribution in [3.8, 4) is 22.4 Å². The Bertz CT molecular complexity index is 1040. The molecule has 2 heteroatoms. The van der Waals surface area contributed by atoms with Gasteiger partial charge in [0.15, 0.2) is 0 Å². The highest BCUT2D eigenvalue weighted by atomic mass is 19.1. The van der Waals surface area contributed by atoms with Gasteiger partial charge in [0.2, 0.25) is 0 Å². The van der Waals surface area contributed by atoms with E-state index < -0.39 is 0 Å². The van der Waals surface area contributed by atoms with Crippen LogP contribution in [-0.4, -0.2) is 4.98 Å². The van der Waals surface area contributed by atoms with Gasteiger partial charge in [-0.3, -0.25) is 0 Å². The summed E-state index contributed by atoms with van der Waals surface area (Å²) >= 11 is 0. The van der Waals surface area contributed by atoms with Crippen molar-refractivity contribution in [3.05, 3.63) is 89.7 Å². The maximum absolute atomic E-state index is 13.9. The van der Waals surface area contributed by atoms with Crippen molar-refractivity contribution >= 4 is 10.9 Å². The summed E-state index contributed by atoms with van der Waals surface area (Å²) in [5.74, 6) is -0.143. The molecular weight excluding hydrogens is 309 g/mol. The largest absolute Gasteiger partial charge is 0.248 e. The first-order valence-electron chi connectivity index (χ1n) is 8.35. The summed E-state index contributed by atoms with van der Waals surface area (Å²) in [6.07, 6.45) is 0. The van der Waals surface area contributed by atoms with E-state index in [1.807, 2.05) is 36.4 Å². The molecule has 4 aromatic rings. The van der Waals surface area contributed by atoms with E-state index in [9.17, 15) is 4.39 Å². The monoisotopic (exact) mass is 327 g/mol. The lowest BCUT2D eigenvalue weighted by Gasteiger charge is -2.09. The zero-order chi connectivity index (χ0) is 17.4. The summed E-state index contributed by atoms with van der Waals surface area (Å²) in [4.78, 5) is 4.82. The first kappa shape index (κ1) is 15.5. The summed E-state index contributed by atoms with van der Waals surface area (Å²) in [7, 11) is 0. The Labute approximate surface area is 146 Å². The molecule has 4 rings (SSSR count). The van der Waals surface area contributed by atoms with Crippen LogP contribution in [0, 0.1) is 19.7 Å². The summed E-state index contributed by atoms with van der Waals surface area (Å²) < 4.78 is 13.9. The van der Waals surface area contributed by atoms with Crippen LogP contribution in [0.15, 0.2) is 72.8 Å². The number of fused-ring (bicyclic) bond motifs is 1. The van der Waals surface area contributed by atoms with Crippen LogP contribution < -0.4 is 0 Å². The highest BCUT2D eigenvalue weighted by Gasteiger charge is 2.08. The maximum Gasteiger partial charge on any atom is 0.129 e. The molecule has 0 spiro atoms. The Hall–Kier alpha value is -3.00. The Morgan fingerprint density at radius 1 is 0.680 bits per heavy atom. The lowest BCUT2D eigenvalue weighted by atomic mass is 10.0. The summed E-state index contributed by atoms with van der Waals surface area (Å²) in [5, 5.41) is 1.10. The molecule has 0 aliphatic rings. The summed E-state index contributed by atoms with van der Waals surface area (Å²) in [5.41, 5.74) is 6.37.